The normalized spacial score (nSPS) is 37.7. The molecule has 21 heavy (non-hydrogen) atoms. The molecule has 0 aromatic heterocycles. The van der Waals surface area contributed by atoms with Gasteiger partial charge in [-0.1, -0.05) is 0 Å². The molecule has 0 radical (unpaired) electrons. The SMILES string of the molecule is CCOC(=O)C1C[C@H](O)[C@@H](NC(C)=O)[C@@H]2OC(C)(C)O[C@H]12. The van der Waals surface area contributed by atoms with E-state index in [-0.39, 0.29) is 18.9 Å². The van der Waals surface area contributed by atoms with Gasteiger partial charge in [0.2, 0.25) is 5.91 Å². The Morgan fingerprint density at radius 3 is 2.52 bits per heavy atom. The molecule has 1 amide bonds. The maximum absolute atomic E-state index is 12.1. The predicted octanol–water partition coefficient (Wildman–Crippen LogP) is -0.0449. The van der Waals surface area contributed by atoms with Crippen LogP contribution in [0.5, 0.6) is 0 Å². The van der Waals surface area contributed by atoms with Gasteiger partial charge in [-0.15, -0.1) is 0 Å². The molecule has 0 aromatic rings. The Kier molecular flexibility index (Phi) is 4.55. The maximum Gasteiger partial charge on any atom is 0.311 e. The summed E-state index contributed by atoms with van der Waals surface area (Å²) in [5, 5.41) is 13.0. The van der Waals surface area contributed by atoms with Gasteiger partial charge in [-0.25, -0.2) is 0 Å². The number of hydrogen-bond donors (Lipinski definition) is 2. The molecule has 5 atom stereocenters. The standard InChI is InChI=1S/C14H23NO6/c1-5-19-13(18)8-6-9(17)10(15-7(2)16)12-11(8)20-14(3,4)21-12/h8-12,17H,5-6H2,1-4H3,(H,15,16)/t8?,9-,10+,11+,12-/m0/s1. The lowest BCUT2D eigenvalue weighted by Crippen LogP contribution is -2.60. The van der Waals surface area contributed by atoms with Crippen molar-refractivity contribution in [3.05, 3.63) is 0 Å². The lowest BCUT2D eigenvalue weighted by atomic mass is 9.79. The van der Waals surface area contributed by atoms with E-state index in [4.69, 9.17) is 14.2 Å². The van der Waals surface area contributed by atoms with E-state index >= 15 is 0 Å². The van der Waals surface area contributed by atoms with Crippen LogP contribution in [0.2, 0.25) is 0 Å². The first-order valence-corrected chi connectivity index (χ1v) is 7.22. The van der Waals surface area contributed by atoms with Gasteiger partial charge in [0.05, 0.1) is 24.7 Å². The van der Waals surface area contributed by atoms with Crippen molar-refractivity contribution >= 4 is 11.9 Å². The third-order valence-corrected chi connectivity index (χ3v) is 3.78. The van der Waals surface area contributed by atoms with Crippen molar-refractivity contribution in [1.82, 2.24) is 5.32 Å². The van der Waals surface area contributed by atoms with Gasteiger partial charge in [0.15, 0.2) is 5.79 Å². The summed E-state index contributed by atoms with van der Waals surface area (Å²) in [7, 11) is 0. The van der Waals surface area contributed by atoms with Crippen LogP contribution >= 0.6 is 0 Å². The van der Waals surface area contributed by atoms with Gasteiger partial charge in [0.1, 0.15) is 12.2 Å². The molecule has 2 fully saturated rings. The Hall–Kier alpha value is -1.18. The molecule has 0 aromatic carbocycles. The second-order valence-electron chi connectivity index (χ2n) is 5.95. The summed E-state index contributed by atoms with van der Waals surface area (Å²) in [5.41, 5.74) is 0. The summed E-state index contributed by atoms with van der Waals surface area (Å²) in [5.74, 6) is -2.15. The molecule has 120 valence electrons. The molecule has 7 nitrogen and oxygen atoms in total. The first-order chi connectivity index (χ1) is 9.75. The monoisotopic (exact) mass is 301 g/mol. The van der Waals surface area contributed by atoms with E-state index in [0.717, 1.165) is 0 Å². The number of fused-ring (bicyclic) bond motifs is 1. The quantitative estimate of drug-likeness (QED) is 0.710. The molecule has 0 spiro atoms. The molecule has 7 heteroatoms. The number of esters is 1. The number of amides is 1. The first kappa shape index (κ1) is 16.2. The van der Waals surface area contributed by atoms with E-state index in [0.29, 0.717) is 0 Å². The van der Waals surface area contributed by atoms with Crippen LogP contribution in [0, 0.1) is 5.92 Å². The predicted molar refractivity (Wildman–Crippen MR) is 72.2 cm³/mol. The number of rotatable bonds is 3. The van der Waals surface area contributed by atoms with Gasteiger partial charge >= 0.3 is 5.97 Å². The summed E-state index contributed by atoms with van der Waals surface area (Å²) in [6.45, 7) is 6.85. The summed E-state index contributed by atoms with van der Waals surface area (Å²) < 4.78 is 16.6. The van der Waals surface area contributed by atoms with E-state index in [2.05, 4.69) is 5.32 Å². The fourth-order valence-electron chi connectivity index (χ4n) is 3.06. The largest absolute Gasteiger partial charge is 0.466 e. The molecule has 1 saturated heterocycles. The minimum absolute atomic E-state index is 0.171. The number of nitrogens with one attached hydrogen (secondary N) is 1. The fraction of sp³-hybridized carbons (Fsp3) is 0.857. The summed E-state index contributed by atoms with van der Waals surface area (Å²) >= 11 is 0. The Bertz CT molecular complexity index is 424. The van der Waals surface area contributed by atoms with Crippen molar-refractivity contribution in [3.8, 4) is 0 Å². The van der Waals surface area contributed by atoms with E-state index < -0.39 is 42.0 Å². The zero-order valence-electron chi connectivity index (χ0n) is 12.8. The van der Waals surface area contributed by atoms with Gasteiger partial charge in [-0.05, 0) is 27.2 Å². The van der Waals surface area contributed by atoms with Crippen LogP contribution in [-0.2, 0) is 23.8 Å². The third-order valence-electron chi connectivity index (χ3n) is 3.78. The van der Waals surface area contributed by atoms with Crippen molar-refractivity contribution in [2.75, 3.05) is 6.61 Å². The Labute approximate surface area is 123 Å². The Morgan fingerprint density at radius 1 is 1.33 bits per heavy atom. The van der Waals surface area contributed by atoms with Crippen LogP contribution in [0.1, 0.15) is 34.1 Å². The van der Waals surface area contributed by atoms with Crippen LogP contribution in [0.4, 0.5) is 0 Å². The second kappa shape index (κ2) is 5.90. The number of ether oxygens (including phenoxy) is 3. The highest BCUT2D eigenvalue weighted by Crippen LogP contribution is 2.40. The van der Waals surface area contributed by atoms with Gasteiger partial charge in [-0.2, -0.15) is 0 Å². The summed E-state index contributed by atoms with van der Waals surface area (Å²) in [6.07, 6.45) is -1.84. The first-order valence-electron chi connectivity index (χ1n) is 7.22. The highest BCUT2D eigenvalue weighted by atomic mass is 16.8. The molecule has 1 heterocycles. The molecule has 0 bridgehead atoms. The molecular weight excluding hydrogens is 278 g/mol. The van der Waals surface area contributed by atoms with Crippen LogP contribution in [0.3, 0.4) is 0 Å². The average Bonchev–Trinajstić information content (AvgIpc) is 2.68. The van der Waals surface area contributed by atoms with Crippen LogP contribution in [0.15, 0.2) is 0 Å². The topological polar surface area (TPSA) is 94.1 Å². The maximum atomic E-state index is 12.1. The zero-order chi connectivity index (χ0) is 15.8. The van der Waals surface area contributed by atoms with Crippen molar-refractivity contribution < 1.29 is 28.9 Å². The number of aliphatic hydroxyl groups excluding tert-OH is 1. The van der Waals surface area contributed by atoms with Crippen molar-refractivity contribution in [1.29, 1.82) is 0 Å². The number of carbonyl (C=O) groups excluding carboxylic acids is 2. The van der Waals surface area contributed by atoms with Crippen LogP contribution < -0.4 is 5.32 Å². The smallest absolute Gasteiger partial charge is 0.311 e. The number of hydrogen-bond acceptors (Lipinski definition) is 6. The number of aliphatic hydroxyl groups is 1. The van der Waals surface area contributed by atoms with Crippen molar-refractivity contribution in [3.63, 3.8) is 0 Å². The summed E-state index contributed by atoms with van der Waals surface area (Å²) in [6, 6.07) is -0.597. The molecule has 1 aliphatic carbocycles. The van der Waals surface area contributed by atoms with Crippen molar-refractivity contribution in [2.24, 2.45) is 5.92 Å². The van der Waals surface area contributed by atoms with E-state index in [9.17, 15) is 14.7 Å². The van der Waals surface area contributed by atoms with Gasteiger partial charge in [0, 0.05) is 6.92 Å². The molecule has 1 aliphatic heterocycles. The Morgan fingerprint density at radius 2 is 1.95 bits per heavy atom. The number of carbonyl (C=O) groups is 2. The summed E-state index contributed by atoms with van der Waals surface area (Å²) in [4.78, 5) is 23.4. The van der Waals surface area contributed by atoms with Gasteiger partial charge < -0.3 is 24.6 Å². The lowest BCUT2D eigenvalue weighted by Gasteiger charge is -2.39. The van der Waals surface area contributed by atoms with E-state index in [1.165, 1.54) is 6.92 Å². The fourth-order valence-corrected chi connectivity index (χ4v) is 3.06. The molecule has 1 saturated carbocycles. The van der Waals surface area contributed by atoms with Gasteiger partial charge in [0.25, 0.3) is 0 Å². The Balaban J connectivity index is 2.23. The lowest BCUT2D eigenvalue weighted by molar-refractivity contribution is -0.164. The van der Waals surface area contributed by atoms with Crippen molar-refractivity contribution in [2.45, 2.75) is 64.3 Å². The highest BCUT2D eigenvalue weighted by Gasteiger charge is 2.56. The van der Waals surface area contributed by atoms with Crippen LogP contribution in [0.25, 0.3) is 0 Å². The van der Waals surface area contributed by atoms with Crippen LogP contribution in [-0.4, -0.2) is 53.7 Å². The minimum atomic E-state index is -0.887. The second-order valence-corrected chi connectivity index (χ2v) is 5.95. The average molecular weight is 301 g/mol. The molecule has 2 rings (SSSR count). The third kappa shape index (κ3) is 3.36. The van der Waals surface area contributed by atoms with E-state index in [1.54, 1.807) is 20.8 Å². The molecule has 2 aliphatic rings. The molecule has 1 unspecified atom stereocenters. The van der Waals surface area contributed by atoms with E-state index in [1.807, 2.05) is 0 Å². The zero-order valence-corrected chi connectivity index (χ0v) is 12.8. The minimum Gasteiger partial charge on any atom is -0.466 e. The molecule has 2 N–H and O–H groups in total. The highest BCUT2D eigenvalue weighted by molar-refractivity contribution is 5.75. The van der Waals surface area contributed by atoms with Gasteiger partial charge in [-0.3, -0.25) is 9.59 Å². The molecular formula is C14H23NO6.